The van der Waals surface area contributed by atoms with Gasteiger partial charge in [0, 0.05) is 18.7 Å². The molecule has 3 rings (SSSR count). The third-order valence-corrected chi connectivity index (χ3v) is 5.46. The highest BCUT2D eigenvalue weighted by Gasteiger charge is 2.45. The molecular formula is C26H32N2O4. The van der Waals surface area contributed by atoms with Gasteiger partial charge in [-0.05, 0) is 56.3 Å². The lowest BCUT2D eigenvalue weighted by Gasteiger charge is -2.26. The number of carbonyl (C=O) groups is 2. The van der Waals surface area contributed by atoms with Crippen LogP contribution in [0, 0.1) is 12.8 Å². The van der Waals surface area contributed by atoms with Crippen LogP contribution >= 0.6 is 0 Å². The predicted octanol–water partition coefficient (Wildman–Crippen LogP) is 4.01. The summed E-state index contributed by atoms with van der Waals surface area (Å²) < 4.78 is 5.83. The number of hydrogen-bond donors (Lipinski definition) is 1. The average Bonchev–Trinajstić information content (AvgIpc) is 3.01. The first-order valence-electron chi connectivity index (χ1n) is 10.9. The number of benzene rings is 2. The number of likely N-dealkylation sites (N-methyl/N-ethyl adjacent to an activating group) is 1. The molecule has 6 nitrogen and oxygen atoms in total. The molecule has 0 saturated carbocycles. The van der Waals surface area contributed by atoms with Gasteiger partial charge < -0.3 is 19.6 Å². The van der Waals surface area contributed by atoms with E-state index in [1.165, 1.54) is 0 Å². The zero-order chi connectivity index (χ0) is 23.4. The Morgan fingerprint density at radius 3 is 2.41 bits per heavy atom. The summed E-state index contributed by atoms with van der Waals surface area (Å²) in [5, 5.41) is 11.2. The minimum Gasteiger partial charge on any atom is -0.507 e. The largest absolute Gasteiger partial charge is 0.507 e. The van der Waals surface area contributed by atoms with Crippen molar-refractivity contribution in [1.82, 2.24) is 9.80 Å². The van der Waals surface area contributed by atoms with Crippen LogP contribution < -0.4 is 4.74 Å². The zero-order valence-electron chi connectivity index (χ0n) is 19.5. The number of ketones is 1. The molecule has 0 unspecified atom stereocenters. The van der Waals surface area contributed by atoms with Gasteiger partial charge in [-0.2, -0.15) is 0 Å². The van der Waals surface area contributed by atoms with Crippen LogP contribution in [0.3, 0.4) is 0 Å². The van der Waals surface area contributed by atoms with Gasteiger partial charge in [0.15, 0.2) is 0 Å². The summed E-state index contributed by atoms with van der Waals surface area (Å²) in [6.45, 7) is 7.64. The van der Waals surface area contributed by atoms with Gasteiger partial charge in [0.25, 0.3) is 11.7 Å². The van der Waals surface area contributed by atoms with Crippen LogP contribution in [0.5, 0.6) is 5.75 Å². The van der Waals surface area contributed by atoms with Gasteiger partial charge in [-0.1, -0.05) is 44.2 Å². The Hall–Kier alpha value is -3.12. The highest BCUT2D eigenvalue weighted by atomic mass is 16.5. The van der Waals surface area contributed by atoms with Crippen LogP contribution in [0.2, 0.25) is 0 Å². The number of amides is 1. The molecule has 1 saturated heterocycles. The monoisotopic (exact) mass is 436 g/mol. The molecule has 2 aromatic rings. The number of Topliss-reactive ketones (excluding diaryl/α,β-unsaturated/α-hetero) is 1. The quantitative estimate of drug-likeness (QED) is 0.385. The predicted molar refractivity (Wildman–Crippen MR) is 126 cm³/mol. The molecule has 0 aliphatic carbocycles. The van der Waals surface area contributed by atoms with Crippen LogP contribution in [0.15, 0.2) is 54.1 Å². The van der Waals surface area contributed by atoms with Crippen molar-refractivity contribution in [3.05, 3.63) is 70.8 Å². The number of carbonyl (C=O) groups excluding carboxylic acids is 2. The van der Waals surface area contributed by atoms with Gasteiger partial charge in [-0.15, -0.1) is 0 Å². The fourth-order valence-corrected chi connectivity index (χ4v) is 3.77. The van der Waals surface area contributed by atoms with E-state index in [1.807, 2.05) is 56.3 Å². The van der Waals surface area contributed by atoms with Crippen molar-refractivity contribution < 1.29 is 19.4 Å². The Labute approximate surface area is 190 Å². The molecule has 1 heterocycles. The normalized spacial score (nSPS) is 18.1. The molecule has 0 radical (unpaired) electrons. The summed E-state index contributed by atoms with van der Waals surface area (Å²) >= 11 is 0. The van der Waals surface area contributed by atoms with E-state index in [1.54, 1.807) is 23.1 Å². The maximum absolute atomic E-state index is 13.0. The van der Waals surface area contributed by atoms with E-state index in [-0.39, 0.29) is 11.3 Å². The van der Waals surface area contributed by atoms with E-state index in [0.29, 0.717) is 31.2 Å². The molecule has 0 bridgehead atoms. The fourth-order valence-electron chi connectivity index (χ4n) is 3.77. The van der Waals surface area contributed by atoms with E-state index in [4.69, 9.17) is 4.74 Å². The fraction of sp³-hybridized carbons (Fsp3) is 0.385. The number of hydrogen-bond acceptors (Lipinski definition) is 5. The number of nitrogens with zero attached hydrogens (tertiary/aromatic N) is 2. The Morgan fingerprint density at radius 2 is 1.81 bits per heavy atom. The van der Waals surface area contributed by atoms with Crippen LogP contribution in [0.4, 0.5) is 0 Å². The molecule has 1 aliphatic rings. The number of likely N-dealkylation sites (tertiary alicyclic amines) is 1. The van der Waals surface area contributed by atoms with Crippen LogP contribution in [0.1, 0.15) is 36.6 Å². The summed E-state index contributed by atoms with van der Waals surface area (Å²) in [6, 6.07) is 14.1. The minimum atomic E-state index is -0.659. The standard InChI is InChI=1S/C26H32N2O4/c1-17(2)16-32-21-12-11-20(15-18(21)3)24(29)22-23(19-9-7-6-8-10-19)28(14-13-27(4)5)26(31)25(22)30/h6-12,15,17,23,29H,13-14,16H2,1-5H3/b24-22+/t23-/m0/s1. The Balaban J connectivity index is 2.05. The summed E-state index contributed by atoms with van der Waals surface area (Å²) in [5.41, 5.74) is 2.26. The first-order valence-corrected chi connectivity index (χ1v) is 10.9. The summed E-state index contributed by atoms with van der Waals surface area (Å²) in [5.74, 6) is -0.278. The molecule has 1 aliphatic heterocycles. The number of aryl methyl sites for hydroxylation is 1. The van der Waals surface area contributed by atoms with Gasteiger partial charge >= 0.3 is 0 Å². The van der Waals surface area contributed by atoms with Gasteiger partial charge in [0.1, 0.15) is 11.5 Å². The smallest absolute Gasteiger partial charge is 0.295 e. The molecule has 1 amide bonds. The Kier molecular flexibility index (Phi) is 7.36. The molecular weight excluding hydrogens is 404 g/mol. The van der Waals surface area contributed by atoms with Crippen molar-refractivity contribution in [2.24, 2.45) is 5.92 Å². The molecule has 0 aromatic heterocycles. The van der Waals surface area contributed by atoms with Crippen LogP contribution in [-0.4, -0.2) is 60.4 Å². The van der Waals surface area contributed by atoms with Gasteiger partial charge in [-0.3, -0.25) is 9.59 Å². The summed E-state index contributed by atoms with van der Waals surface area (Å²) in [6.07, 6.45) is 0. The van der Waals surface area contributed by atoms with Crippen LogP contribution in [-0.2, 0) is 9.59 Å². The summed E-state index contributed by atoms with van der Waals surface area (Å²) in [7, 11) is 3.83. The van der Waals surface area contributed by atoms with E-state index >= 15 is 0 Å². The van der Waals surface area contributed by atoms with Crippen LogP contribution in [0.25, 0.3) is 5.76 Å². The Morgan fingerprint density at radius 1 is 1.12 bits per heavy atom. The second-order valence-corrected chi connectivity index (χ2v) is 8.89. The molecule has 32 heavy (non-hydrogen) atoms. The second kappa shape index (κ2) is 10.0. The molecule has 1 N–H and O–H groups in total. The number of ether oxygens (including phenoxy) is 1. The molecule has 170 valence electrons. The first-order chi connectivity index (χ1) is 15.2. The van der Waals surface area contributed by atoms with Gasteiger partial charge in [0.05, 0.1) is 18.2 Å². The van der Waals surface area contributed by atoms with E-state index in [9.17, 15) is 14.7 Å². The van der Waals surface area contributed by atoms with Crippen molar-refractivity contribution in [2.75, 3.05) is 33.8 Å². The number of rotatable bonds is 8. The lowest BCUT2D eigenvalue weighted by atomic mass is 9.95. The SMILES string of the molecule is Cc1cc(/C(O)=C2\C(=O)C(=O)N(CCN(C)C)[C@H]2c2ccccc2)ccc1OCC(C)C. The van der Waals surface area contributed by atoms with Crippen molar-refractivity contribution in [1.29, 1.82) is 0 Å². The first kappa shape index (κ1) is 23.5. The van der Waals surface area contributed by atoms with Gasteiger partial charge in [-0.25, -0.2) is 0 Å². The Bertz CT molecular complexity index is 1010. The van der Waals surface area contributed by atoms with Crippen molar-refractivity contribution >= 4 is 17.4 Å². The maximum Gasteiger partial charge on any atom is 0.295 e. The zero-order valence-corrected chi connectivity index (χ0v) is 19.5. The van der Waals surface area contributed by atoms with Crippen molar-refractivity contribution in [3.8, 4) is 5.75 Å². The maximum atomic E-state index is 13.0. The summed E-state index contributed by atoms with van der Waals surface area (Å²) in [4.78, 5) is 29.5. The number of aliphatic hydroxyl groups excluding tert-OH is 1. The van der Waals surface area contributed by atoms with E-state index in [2.05, 4.69) is 13.8 Å². The van der Waals surface area contributed by atoms with E-state index in [0.717, 1.165) is 16.9 Å². The highest BCUT2D eigenvalue weighted by Crippen LogP contribution is 2.39. The van der Waals surface area contributed by atoms with Gasteiger partial charge in [0.2, 0.25) is 0 Å². The molecule has 1 atom stereocenters. The third-order valence-electron chi connectivity index (χ3n) is 5.46. The molecule has 2 aromatic carbocycles. The minimum absolute atomic E-state index is 0.121. The van der Waals surface area contributed by atoms with Crippen molar-refractivity contribution in [3.63, 3.8) is 0 Å². The second-order valence-electron chi connectivity index (χ2n) is 8.89. The molecule has 6 heteroatoms. The van der Waals surface area contributed by atoms with Crippen molar-refractivity contribution in [2.45, 2.75) is 26.8 Å². The molecule has 0 spiro atoms. The van der Waals surface area contributed by atoms with E-state index < -0.39 is 17.7 Å². The topological polar surface area (TPSA) is 70.1 Å². The highest BCUT2D eigenvalue weighted by molar-refractivity contribution is 6.46. The third kappa shape index (κ3) is 5.02. The lowest BCUT2D eigenvalue weighted by Crippen LogP contribution is -2.35. The molecule has 1 fully saturated rings. The average molecular weight is 437 g/mol. The lowest BCUT2D eigenvalue weighted by molar-refractivity contribution is -0.140. The number of aliphatic hydroxyl groups is 1.